The monoisotopic (exact) mass is 288 g/mol. The van der Waals surface area contributed by atoms with Crippen LogP contribution in [-0.4, -0.2) is 38.8 Å². The standard InChI is InChI=1S/C16H20N2O3/c19-16(18-9-6-12-4-7-17-8-5-12)13-2-1-3-14-15(13)21-11-10-20-14/h1-4,17H,5-11H2,(H,18,19). The number of carbonyl (C=O) groups is 1. The molecule has 1 aromatic rings. The summed E-state index contributed by atoms with van der Waals surface area (Å²) in [5.41, 5.74) is 1.95. The number of carbonyl (C=O) groups excluding carboxylic acids is 1. The Bertz CT molecular complexity index is 554. The molecule has 0 radical (unpaired) electrons. The molecule has 2 aliphatic rings. The van der Waals surface area contributed by atoms with E-state index in [9.17, 15) is 4.79 Å². The zero-order valence-electron chi connectivity index (χ0n) is 12.0. The van der Waals surface area contributed by atoms with Crippen molar-refractivity contribution in [2.45, 2.75) is 12.8 Å². The number of rotatable bonds is 4. The maximum atomic E-state index is 12.3. The third kappa shape index (κ3) is 3.36. The van der Waals surface area contributed by atoms with Crippen LogP contribution in [0.3, 0.4) is 0 Å². The minimum absolute atomic E-state index is 0.105. The summed E-state index contributed by atoms with van der Waals surface area (Å²) in [6.45, 7) is 3.62. The van der Waals surface area contributed by atoms with Crippen molar-refractivity contribution in [2.24, 2.45) is 0 Å². The average molecular weight is 288 g/mol. The van der Waals surface area contributed by atoms with E-state index in [1.807, 2.05) is 12.1 Å². The van der Waals surface area contributed by atoms with Crippen molar-refractivity contribution in [3.63, 3.8) is 0 Å². The quantitative estimate of drug-likeness (QED) is 0.824. The van der Waals surface area contributed by atoms with Crippen LogP contribution < -0.4 is 20.1 Å². The van der Waals surface area contributed by atoms with E-state index in [1.54, 1.807) is 6.07 Å². The van der Waals surface area contributed by atoms with E-state index >= 15 is 0 Å². The minimum Gasteiger partial charge on any atom is -0.486 e. The molecule has 21 heavy (non-hydrogen) atoms. The lowest BCUT2D eigenvalue weighted by atomic mass is 10.1. The fraction of sp³-hybridized carbons (Fsp3) is 0.438. The molecule has 0 unspecified atom stereocenters. The zero-order valence-corrected chi connectivity index (χ0v) is 12.0. The van der Waals surface area contributed by atoms with Gasteiger partial charge in [0, 0.05) is 13.1 Å². The highest BCUT2D eigenvalue weighted by molar-refractivity contribution is 5.97. The van der Waals surface area contributed by atoms with E-state index in [-0.39, 0.29) is 5.91 Å². The molecule has 112 valence electrons. The Labute approximate surface area is 124 Å². The van der Waals surface area contributed by atoms with Crippen molar-refractivity contribution in [1.29, 1.82) is 0 Å². The number of benzene rings is 1. The molecule has 0 atom stereocenters. The van der Waals surface area contributed by atoms with Crippen molar-refractivity contribution >= 4 is 5.91 Å². The van der Waals surface area contributed by atoms with Gasteiger partial charge in [0.2, 0.25) is 0 Å². The van der Waals surface area contributed by atoms with Crippen LogP contribution in [-0.2, 0) is 0 Å². The van der Waals surface area contributed by atoms with Crippen molar-refractivity contribution in [3.8, 4) is 11.5 Å². The average Bonchev–Trinajstić information content (AvgIpc) is 2.55. The molecule has 0 saturated carbocycles. The van der Waals surface area contributed by atoms with Gasteiger partial charge in [0.15, 0.2) is 11.5 Å². The number of nitrogens with one attached hydrogen (secondary N) is 2. The summed E-state index contributed by atoms with van der Waals surface area (Å²) in [4.78, 5) is 12.3. The van der Waals surface area contributed by atoms with Crippen molar-refractivity contribution < 1.29 is 14.3 Å². The van der Waals surface area contributed by atoms with E-state index in [0.29, 0.717) is 36.8 Å². The SMILES string of the molecule is O=C(NCCC1=CCNCC1)c1cccc2c1OCCO2. The molecule has 0 aliphatic carbocycles. The van der Waals surface area contributed by atoms with Gasteiger partial charge >= 0.3 is 0 Å². The van der Waals surface area contributed by atoms with Crippen LogP contribution in [0.5, 0.6) is 11.5 Å². The van der Waals surface area contributed by atoms with E-state index in [1.165, 1.54) is 5.57 Å². The first-order chi connectivity index (χ1) is 10.3. The molecule has 5 nitrogen and oxygen atoms in total. The molecule has 0 spiro atoms. The van der Waals surface area contributed by atoms with Crippen LogP contribution in [0.1, 0.15) is 23.2 Å². The number of ether oxygens (including phenoxy) is 2. The molecule has 0 fully saturated rings. The number of fused-ring (bicyclic) bond motifs is 1. The van der Waals surface area contributed by atoms with Crippen molar-refractivity contribution in [2.75, 3.05) is 32.8 Å². The van der Waals surface area contributed by atoms with Crippen LogP contribution in [0.15, 0.2) is 29.8 Å². The van der Waals surface area contributed by atoms with Gasteiger partial charge < -0.3 is 20.1 Å². The highest BCUT2D eigenvalue weighted by atomic mass is 16.6. The van der Waals surface area contributed by atoms with Gasteiger partial charge in [0.25, 0.3) is 5.91 Å². The molecule has 2 heterocycles. The summed E-state index contributed by atoms with van der Waals surface area (Å²) >= 11 is 0. The number of para-hydroxylation sites is 1. The number of hydrogen-bond acceptors (Lipinski definition) is 4. The van der Waals surface area contributed by atoms with Gasteiger partial charge in [-0.15, -0.1) is 0 Å². The fourth-order valence-electron chi connectivity index (χ4n) is 2.58. The minimum atomic E-state index is -0.105. The van der Waals surface area contributed by atoms with Gasteiger partial charge in [-0.05, 0) is 31.5 Å². The Balaban J connectivity index is 1.59. The van der Waals surface area contributed by atoms with Gasteiger partial charge in [0.1, 0.15) is 13.2 Å². The Morgan fingerprint density at radius 3 is 3.05 bits per heavy atom. The second kappa shape index (κ2) is 6.63. The Morgan fingerprint density at radius 2 is 2.19 bits per heavy atom. The van der Waals surface area contributed by atoms with Gasteiger partial charge in [0.05, 0.1) is 5.56 Å². The topological polar surface area (TPSA) is 59.6 Å². The summed E-state index contributed by atoms with van der Waals surface area (Å²) in [6, 6.07) is 5.41. The molecule has 1 amide bonds. The third-order valence-corrected chi connectivity index (χ3v) is 3.70. The molecule has 0 aromatic heterocycles. The van der Waals surface area contributed by atoms with Gasteiger partial charge in [-0.2, -0.15) is 0 Å². The van der Waals surface area contributed by atoms with E-state index < -0.39 is 0 Å². The van der Waals surface area contributed by atoms with Crippen LogP contribution in [0, 0.1) is 0 Å². The van der Waals surface area contributed by atoms with E-state index in [4.69, 9.17) is 9.47 Å². The fourth-order valence-corrected chi connectivity index (χ4v) is 2.58. The second-order valence-corrected chi connectivity index (χ2v) is 5.15. The smallest absolute Gasteiger partial charge is 0.255 e. The Hall–Kier alpha value is -2.01. The highest BCUT2D eigenvalue weighted by Gasteiger charge is 2.20. The summed E-state index contributed by atoms with van der Waals surface area (Å²) in [7, 11) is 0. The number of hydrogen-bond donors (Lipinski definition) is 2. The Morgan fingerprint density at radius 1 is 1.29 bits per heavy atom. The van der Waals surface area contributed by atoms with E-state index in [2.05, 4.69) is 16.7 Å². The summed E-state index contributed by atoms with van der Waals surface area (Å²) in [5, 5.41) is 6.24. The first-order valence-electron chi connectivity index (χ1n) is 7.40. The first-order valence-corrected chi connectivity index (χ1v) is 7.40. The summed E-state index contributed by atoms with van der Waals surface area (Å²) in [5.74, 6) is 1.10. The Kier molecular flexibility index (Phi) is 4.40. The normalized spacial score (nSPS) is 17.0. The van der Waals surface area contributed by atoms with Gasteiger partial charge in [-0.3, -0.25) is 4.79 Å². The zero-order chi connectivity index (χ0) is 14.5. The molecule has 2 N–H and O–H groups in total. The molecule has 1 aromatic carbocycles. The molecule has 5 heteroatoms. The maximum Gasteiger partial charge on any atom is 0.255 e. The lowest BCUT2D eigenvalue weighted by Gasteiger charge is -2.20. The summed E-state index contributed by atoms with van der Waals surface area (Å²) in [6.07, 6.45) is 4.17. The predicted molar refractivity (Wildman–Crippen MR) is 80.0 cm³/mol. The van der Waals surface area contributed by atoms with Gasteiger partial charge in [-0.1, -0.05) is 17.7 Å². The van der Waals surface area contributed by atoms with Crippen molar-refractivity contribution in [1.82, 2.24) is 10.6 Å². The molecule has 3 rings (SSSR count). The van der Waals surface area contributed by atoms with Gasteiger partial charge in [-0.25, -0.2) is 0 Å². The van der Waals surface area contributed by atoms with E-state index in [0.717, 1.165) is 25.9 Å². The van der Waals surface area contributed by atoms with Crippen molar-refractivity contribution in [3.05, 3.63) is 35.4 Å². The first kappa shape index (κ1) is 13.9. The lowest BCUT2D eigenvalue weighted by molar-refractivity contribution is 0.0943. The molecule has 0 saturated heterocycles. The summed E-state index contributed by atoms with van der Waals surface area (Å²) < 4.78 is 11.1. The molecular weight excluding hydrogens is 268 g/mol. The number of amides is 1. The van der Waals surface area contributed by atoms with Crippen LogP contribution in [0.2, 0.25) is 0 Å². The molecular formula is C16H20N2O3. The molecule has 0 bridgehead atoms. The largest absolute Gasteiger partial charge is 0.486 e. The highest BCUT2D eigenvalue weighted by Crippen LogP contribution is 2.33. The van der Waals surface area contributed by atoms with Crippen LogP contribution in [0.4, 0.5) is 0 Å². The second-order valence-electron chi connectivity index (χ2n) is 5.15. The van der Waals surface area contributed by atoms with Crippen LogP contribution in [0.25, 0.3) is 0 Å². The third-order valence-electron chi connectivity index (χ3n) is 3.70. The maximum absolute atomic E-state index is 12.3. The predicted octanol–water partition coefficient (Wildman–Crippen LogP) is 1.50. The molecule has 2 aliphatic heterocycles. The van der Waals surface area contributed by atoms with Crippen LogP contribution >= 0.6 is 0 Å². The lowest BCUT2D eigenvalue weighted by Crippen LogP contribution is -2.28.